The third kappa shape index (κ3) is 3.45. The smallest absolute Gasteiger partial charge is 0.268 e. The third-order valence-electron chi connectivity index (χ3n) is 4.30. The minimum atomic E-state index is -2.94. The molecule has 1 aliphatic rings. The Hall–Kier alpha value is -2.57. The van der Waals surface area contributed by atoms with Crippen LogP contribution in [0.5, 0.6) is 0 Å². The first-order chi connectivity index (χ1) is 11.8. The minimum Gasteiger partial charge on any atom is -0.332 e. The predicted molar refractivity (Wildman–Crippen MR) is 86.8 cm³/mol. The molecule has 0 bridgehead atoms. The molecule has 0 N–H and O–H groups in total. The number of rotatable bonds is 2. The van der Waals surface area contributed by atoms with Gasteiger partial charge in [-0.2, -0.15) is 0 Å². The van der Waals surface area contributed by atoms with E-state index in [-0.39, 0.29) is 24.9 Å². The van der Waals surface area contributed by atoms with Gasteiger partial charge in [-0.05, 0) is 49.2 Å². The van der Waals surface area contributed by atoms with E-state index in [1.54, 1.807) is 13.0 Å². The van der Waals surface area contributed by atoms with Crippen molar-refractivity contribution in [3.05, 3.63) is 63.8 Å². The zero-order chi connectivity index (χ0) is 18.2. The monoisotopic (exact) mass is 350 g/mol. The van der Waals surface area contributed by atoms with Crippen molar-refractivity contribution >= 4 is 5.91 Å². The molecule has 132 valence electrons. The van der Waals surface area contributed by atoms with Crippen LogP contribution in [0, 0.1) is 12.7 Å². The summed E-state index contributed by atoms with van der Waals surface area (Å²) in [7, 11) is 0. The fraction of sp³-hybridized carbons (Fsp3) is 0.333. The summed E-state index contributed by atoms with van der Waals surface area (Å²) >= 11 is 0. The number of likely N-dealkylation sites (tertiary alicyclic amines) is 1. The first-order valence-corrected chi connectivity index (χ1v) is 7.94. The number of nitrogens with zero attached hydrogens (tertiary/aromatic N) is 2. The summed E-state index contributed by atoms with van der Waals surface area (Å²) < 4.78 is 41.5. The van der Waals surface area contributed by atoms with E-state index < -0.39 is 29.8 Å². The highest BCUT2D eigenvalue weighted by Gasteiger charge is 2.38. The van der Waals surface area contributed by atoms with Gasteiger partial charge in [0, 0.05) is 24.8 Å². The highest BCUT2D eigenvalue weighted by Crippen LogP contribution is 2.27. The average Bonchev–Trinajstić information content (AvgIpc) is 2.55. The molecule has 0 spiro atoms. The van der Waals surface area contributed by atoms with Gasteiger partial charge in [0.2, 0.25) is 0 Å². The van der Waals surface area contributed by atoms with E-state index in [9.17, 15) is 22.8 Å². The standard InChI is InChI=1S/C18H17F3N2O2/c1-12-7-10-23(14-5-3-13(19)4-6-14)17(25)15(12)16(24)22-9-2-8-18(20,21)11-22/h3-7,10H,2,8-9,11H2,1H3. The van der Waals surface area contributed by atoms with Gasteiger partial charge in [0.15, 0.2) is 0 Å². The number of amides is 1. The first-order valence-electron chi connectivity index (χ1n) is 7.94. The van der Waals surface area contributed by atoms with Gasteiger partial charge in [-0.3, -0.25) is 14.2 Å². The van der Waals surface area contributed by atoms with Crippen LogP contribution in [-0.4, -0.2) is 34.4 Å². The number of alkyl halides is 2. The van der Waals surface area contributed by atoms with Crippen molar-refractivity contribution in [1.82, 2.24) is 9.47 Å². The Morgan fingerprint density at radius 3 is 2.48 bits per heavy atom. The van der Waals surface area contributed by atoms with Crippen molar-refractivity contribution in [3.63, 3.8) is 0 Å². The molecular weight excluding hydrogens is 333 g/mol. The van der Waals surface area contributed by atoms with Crippen LogP contribution in [-0.2, 0) is 0 Å². The third-order valence-corrected chi connectivity index (χ3v) is 4.30. The molecule has 1 fully saturated rings. The van der Waals surface area contributed by atoms with E-state index in [2.05, 4.69) is 0 Å². The van der Waals surface area contributed by atoms with Crippen LogP contribution >= 0.6 is 0 Å². The van der Waals surface area contributed by atoms with Crippen LogP contribution < -0.4 is 5.56 Å². The van der Waals surface area contributed by atoms with Gasteiger partial charge >= 0.3 is 0 Å². The number of aromatic nitrogens is 1. The Labute approximate surface area is 142 Å². The van der Waals surface area contributed by atoms with E-state index in [1.165, 1.54) is 35.0 Å². The van der Waals surface area contributed by atoms with E-state index in [0.717, 1.165) is 4.90 Å². The van der Waals surface area contributed by atoms with Crippen molar-refractivity contribution < 1.29 is 18.0 Å². The van der Waals surface area contributed by atoms with Crippen LogP contribution in [0.4, 0.5) is 13.2 Å². The van der Waals surface area contributed by atoms with Crippen LogP contribution in [0.1, 0.15) is 28.8 Å². The molecule has 1 amide bonds. The number of halogens is 3. The maximum absolute atomic E-state index is 13.6. The fourth-order valence-electron chi connectivity index (χ4n) is 2.99. The van der Waals surface area contributed by atoms with Gasteiger partial charge in [-0.15, -0.1) is 0 Å². The van der Waals surface area contributed by atoms with E-state index >= 15 is 0 Å². The molecular formula is C18H17F3N2O2. The Balaban J connectivity index is 2.01. The van der Waals surface area contributed by atoms with Crippen LogP contribution in [0.3, 0.4) is 0 Å². The molecule has 2 aromatic rings. The zero-order valence-corrected chi connectivity index (χ0v) is 13.6. The molecule has 0 radical (unpaired) electrons. The summed E-state index contributed by atoms with van der Waals surface area (Å²) in [6.07, 6.45) is 1.41. The Kier molecular flexibility index (Phi) is 4.41. The lowest BCUT2D eigenvalue weighted by Gasteiger charge is -2.32. The number of aryl methyl sites for hydroxylation is 1. The van der Waals surface area contributed by atoms with Crippen LogP contribution in [0.2, 0.25) is 0 Å². The molecule has 25 heavy (non-hydrogen) atoms. The van der Waals surface area contributed by atoms with Crippen molar-refractivity contribution in [1.29, 1.82) is 0 Å². The number of carbonyl (C=O) groups is 1. The highest BCUT2D eigenvalue weighted by atomic mass is 19.3. The summed E-state index contributed by atoms with van der Waals surface area (Å²) in [5, 5.41) is 0. The topological polar surface area (TPSA) is 42.3 Å². The quantitative estimate of drug-likeness (QED) is 0.835. The van der Waals surface area contributed by atoms with Crippen molar-refractivity contribution in [2.75, 3.05) is 13.1 Å². The molecule has 7 heteroatoms. The number of hydrogen-bond acceptors (Lipinski definition) is 2. The average molecular weight is 350 g/mol. The highest BCUT2D eigenvalue weighted by molar-refractivity contribution is 5.95. The van der Waals surface area contributed by atoms with Crippen LogP contribution in [0.15, 0.2) is 41.3 Å². The summed E-state index contributed by atoms with van der Waals surface area (Å²) in [4.78, 5) is 26.5. The van der Waals surface area contributed by atoms with Gasteiger partial charge in [-0.25, -0.2) is 13.2 Å². The Morgan fingerprint density at radius 2 is 1.84 bits per heavy atom. The van der Waals surface area contributed by atoms with Crippen LogP contribution in [0.25, 0.3) is 5.69 Å². The van der Waals surface area contributed by atoms with E-state index in [1.807, 2.05) is 0 Å². The predicted octanol–water partition coefficient (Wildman–Crippen LogP) is 3.16. The van der Waals surface area contributed by atoms with Gasteiger partial charge in [0.1, 0.15) is 11.4 Å². The molecule has 0 atom stereocenters. The van der Waals surface area contributed by atoms with Gasteiger partial charge in [0.05, 0.1) is 6.54 Å². The zero-order valence-electron chi connectivity index (χ0n) is 13.6. The number of piperidine rings is 1. The van der Waals surface area contributed by atoms with Crippen molar-refractivity contribution in [2.45, 2.75) is 25.7 Å². The van der Waals surface area contributed by atoms with Gasteiger partial charge in [-0.1, -0.05) is 0 Å². The van der Waals surface area contributed by atoms with Crippen molar-refractivity contribution in [2.24, 2.45) is 0 Å². The lowest BCUT2D eigenvalue weighted by Crippen LogP contribution is -2.47. The Morgan fingerprint density at radius 1 is 1.16 bits per heavy atom. The molecule has 0 saturated carbocycles. The van der Waals surface area contributed by atoms with E-state index in [0.29, 0.717) is 11.3 Å². The number of hydrogen-bond donors (Lipinski definition) is 0. The molecule has 4 nitrogen and oxygen atoms in total. The lowest BCUT2D eigenvalue weighted by molar-refractivity contribution is -0.0561. The summed E-state index contributed by atoms with van der Waals surface area (Å²) in [6, 6.07) is 6.80. The molecule has 1 saturated heterocycles. The maximum atomic E-state index is 13.6. The molecule has 0 unspecified atom stereocenters. The molecule has 1 aromatic heterocycles. The fourth-order valence-corrected chi connectivity index (χ4v) is 2.99. The summed E-state index contributed by atoms with van der Waals surface area (Å²) in [5.74, 6) is -4.08. The van der Waals surface area contributed by atoms with Gasteiger partial charge in [0.25, 0.3) is 17.4 Å². The normalized spacial score (nSPS) is 16.7. The second-order valence-corrected chi connectivity index (χ2v) is 6.21. The molecule has 2 heterocycles. The number of carbonyl (C=O) groups excluding carboxylic acids is 1. The lowest BCUT2D eigenvalue weighted by atomic mass is 10.0. The molecule has 3 rings (SSSR count). The SMILES string of the molecule is Cc1ccn(-c2ccc(F)cc2)c(=O)c1C(=O)N1CCCC(F)(F)C1. The van der Waals surface area contributed by atoms with Gasteiger partial charge < -0.3 is 4.90 Å². The molecule has 1 aliphatic heterocycles. The summed E-state index contributed by atoms with van der Waals surface area (Å²) in [6.45, 7) is 1.10. The number of pyridine rings is 1. The first kappa shape index (κ1) is 17.3. The molecule has 1 aromatic carbocycles. The second-order valence-electron chi connectivity index (χ2n) is 6.21. The minimum absolute atomic E-state index is 0.135. The largest absolute Gasteiger partial charge is 0.332 e. The maximum Gasteiger partial charge on any atom is 0.268 e. The van der Waals surface area contributed by atoms with Crippen molar-refractivity contribution in [3.8, 4) is 5.69 Å². The second kappa shape index (κ2) is 6.38. The number of benzene rings is 1. The molecule has 0 aliphatic carbocycles. The summed E-state index contributed by atoms with van der Waals surface area (Å²) in [5.41, 5.74) is 0.0710. The Bertz CT molecular complexity index is 860. The van der Waals surface area contributed by atoms with E-state index in [4.69, 9.17) is 0 Å².